The molecule has 0 rings (SSSR count). The van der Waals surface area contributed by atoms with E-state index in [-0.39, 0.29) is 59.1 Å². The molecule has 0 aliphatic carbocycles. The van der Waals surface area contributed by atoms with Crippen molar-refractivity contribution in [2.45, 2.75) is 128 Å². The number of hydrogen-bond donors (Lipinski definition) is 1. The molecular weight excluding hydrogens is 454 g/mol. The summed E-state index contributed by atoms with van der Waals surface area (Å²) in [6, 6.07) is 0. The molecular formula is C22H41Na2O7S+. The van der Waals surface area contributed by atoms with Crippen molar-refractivity contribution < 1.29 is 91.5 Å². The molecule has 0 spiro atoms. The van der Waals surface area contributed by atoms with Crippen LogP contribution in [0.2, 0.25) is 0 Å². The Morgan fingerprint density at radius 2 is 1.16 bits per heavy atom. The average molecular weight is 496 g/mol. The predicted molar refractivity (Wildman–Crippen MR) is 115 cm³/mol. The van der Waals surface area contributed by atoms with Crippen LogP contribution in [-0.4, -0.2) is 36.3 Å². The van der Waals surface area contributed by atoms with E-state index in [1.54, 1.807) is 0 Å². The Balaban J connectivity index is -0.00000420. The van der Waals surface area contributed by atoms with E-state index in [0.29, 0.717) is 12.8 Å². The van der Waals surface area contributed by atoms with Crippen molar-refractivity contribution in [1.82, 2.24) is 0 Å². The summed E-state index contributed by atoms with van der Waals surface area (Å²) in [5.74, 6) is -2.94. The normalized spacial score (nSPS) is 12.8. The third-order valence-corrected chi connectivity index (χ3v) is 6.34. The van der Waals surface area contributed by atoms with Crippen LogP contribution in [0.25, 0.3) is 0 Å². The van der Waals surface area contributed by atoms with Crippen LogP contribution in [0.4, 0.5) is 0 Å². The Morgan fingerprint density at radius 1 is 0.781 bits per heavy atom. The number of unbranched alkanes of at least 4 members (excludes halogenated alkanes) is 11. The monoisotopic (exact) mass is 495 g/mol. The summed E-state index contributed by atoms with van der Waals surface area (Å²) in [7, 11) is -4.87. The molecule has 0 saturated heterocycles. The molecule has 2 atom stereocenters. The van der Waals surface area contributed by atoms with Crippen molar-refractivity contribution in [3.8, 4) is 0 Å². The van der Waals surface area contributed by atoms with E-state index in [2.05, 4.69) is 13.8 Å². The molecule has 178 valence electrons. The van der Waals surface area contributed by atoms with Gasteiger partial charge in [0.05, 0.1) is 0 Å². The molecule has 0 heterocycles. The van der Waals surface area contributed by atoms with Gasteiger partial charge in [0.15, 0.2) is 5.25 Å². The van der Waals surface area contributed by atoms with Crippen LogP contribution in [-0.2, 0) is 24.4 Å². The van der Waals surface area contributed by atoms with E-state index in [9.17, 15) is 27.7 Å². The number of rotatable bonds is 20. The minimum Gasteiger partial charge on any atom is -0.550 e. The van der Waals surface area contributed by atoms with Crippen LogP contribution in [0.5, 0.6) is 0 Å². The van der Waals surface area contributed by atoms with Gasteiger partial charge < -0.3 is 14.6 Å². The SMILES string of the molecule is CCCCCCCCCC(CCCCCCCC)OC(=O)C(CC(=O)[O-])S(=O)(=O)O.[Na+].[Na+]. The van der Waals surface area contributed by atoms with E-state index >= 15 is 0 Å². The molecule has 0 aromatic heterocycles. The van der Waals surface area contributed by atoms with Gasteiger partial charge in [0.2, 0.25) is 0 Å². The van der Waals surface area contributed by atoms with Crippen LogP contribution in [0.3, 0.4) is 0 Å². The van der Waals surface area contributed by atoms with Crippen LogP contribution in [0.15, 0.2) is 0 Å². The Bertz CT molecular complexity index is 571. The zero-order chi connectivity index (χ0) is 22.8. The third-order valence-electron chi connectivity index (χ3n) is 5.27. The maximum absolute atomic E-state index is 12.3. The van der Waals surface area contributed by atoms with Gasteiger partial charge in [-0.25, -0.2) is 0 Å². The van der Waals surface area contributed by atoms with Gasteiger partial charge in [-0.15, -0.1) is 0 Å². The topological polar surface area (TPSA) is 121 Å². The summed E-state index contributed by atoms with van der Waals surface area (Å²) in [4.78, 5) is 23.0. The van der Waals surface area contributed by atoms with Gasteiger partial charge in [0.25, 0.3) is 10.1 Å². The second-order valence-electron chi connectivity index (χ2n) is 8.11. The molecule has 32 heavy (non-hydrogen) atoms. The summed E-state index contributed by atoms with van der Waals surface area (Å²) in [6.07, 6.45) is 13.9. The van der Waals surface area contributed by atoms with E-state index < -0.39 is 39.8 Å². The molecule has 7 nitrogen and oxygen atoms in total. The average Bonchev–Trinajstić information content (AvgIpc) is 2.66. The Labute approximate surface area is 239 Å². The zero-order valence-corrected chi connectivity index (χ0v) is 25.6. The van der Waals surface area contributed by atoms with Crippen molar-refractivity contribution in [2.24, 2.45) is 0 Å². The minimum atomic E-state index is -4.87. The molecule has 2 unspecified atom stereocenters. The second-order valence-corrected chi connectivity index (χ2v) is 9.70. The number of aliphatic carboxylic acids is 1. The standard InChI is InChI=1S/C22H42O7S.2Na/c1-3-5-7-9-11-13-15-17-19(16-14-12-10-8-6-4-2)29-22(25)20(18-21(23)24)30(26,27)28;;/h19-20H,3-18H2,1-2H3,(H,23,24)(H,26,27,28);;/q;2*+1/p-1. The third kappa shape index (κ3) is 21.4. The van der Waals surface area contributed by atoms with Crippen LogP contribution < -0.4 is 64.2 Å². The Hall–Kier alpha value is 0.850. The number of ether oxygens (including phenoxy) is 1. The molecule has 1 N–H and O–H groups in total. The van der Waals surface area contributed by atoms with E-state index in [0.717, 1.165) is 51.4 Å². The van der Waals surface area contributed by atoms with Gasteiger partial charge in [-0.05, 0) is 25.7 Å². The molecule has 0 amide bonds. The summed E-state index contributed by atoms with van der Waals surface area (Å²) >= 11 is 0. The van der Waals surface area contributed by atoms with Crippen molar-refractivity contribution in [1.29, 1.82) is 0 Å². The number of esters is 1. The first kappa shape index (κ1) is 37.4. The maximum atomic E-state index is 12.3. The zero-order valence-electron chi connectivity index (χ0n) is 20.8. The fraction of sp³-hybridized carbons (Fsp3) is 0.909. The first-order chi connectivity index (χ1) is 14.2. The smallest absolute Gasteiger partial charge is 0.550 e. The number of carboxylic acids is 1. The minimum absolute atomic E-state index is 0. The molecule has 0 radical (unpaired) electrons. The fourth-order valence-electron chi connectivity index (χ4n) is 3.45. The second kappa shape index (κ2) is 23.6. The van der Waals surface area contributed by atoms with E-state index in [4.69, 9.17) is 4.74 Å². The summed E-state index contributed by atoms with van der Waals surface area (Å²) < 4.78 is 37.3. The van der Waals surface area contributed by atoms with Gasteiger partial charge in [-0.2, -0.15) is 8.42 Å². The Morgan fingerprint density at radius 3 is 1.50 bits per heavy atom. The molecule has 0 aromatic rings. The van der Waals surface area contributed by atoms with Crippen molar-refractivity contribution >= 4 is 22.1 Å². The number of hydrogen-bond acceptors (Lipinski definition) is 6. The molecule has 0 bridgehead atoms. The van der Waals surface area contributed by atoms with Gasteiger partial charge in [-0.1, -0.05) is 84.5 Å². The molecule has 0 aliphatic heterocycles. The fourth-order valence-corrected chi connectivity index (χ4v) is 4.09. The number of carboxylic acid groups (broad SMARTS) is 1. The summed E-state index contributed by atoms with van der Waals surface area (Å²) in [5, 5.41) is 8.63. The van der Waals surface area contributed by atoms with Crippen LogP contribution in [0, 0.1) is 0 Å². The predicted octanol–water partition coefficient (Wildman–Crippen LogP) is -1.81. The molecule has 0 saturated carbocycles. The molecule has 0 aliphatic rings. The van der Waals surface area contributed by atoms with Gasteiger partial charge in [0, 0.05) is 12.4 Å². The van der Waals surface area contributed by atoms with E-state index in [1.807, 2.05) is 0 Å². The van der Waals surface area contributed by atoms with Gasteiger partial charge >= 0.3 is 65.1 Å². The number of carbonyl (C=O) groups is 2. The molecule has 10 heteroatoms. The first-order valence-corrected chi connectivity index (χ1v) is 13.1. The van der Waals surface area contributed by atoms with Crippen molar-refractivity contribution in [3.05, 3.63) is 0 Å². The molecule has 0 fully saturated rings. The van der Waals surface area contributed by atoms with Gasteiger partial charge in [-0.3, -0.25) is 9.35 Å². The molecule has 0 aromatic carbocycles. The summed E-state index contributed by atoms with van der Waals surface area (Å²) in [5.41, 5.74) is 0. The largest absolute Gasteiger partial charge is 1.00 e. The first-order valence-electron chi connectivity index (χ1n) is 11.6. The van der Waals surface area contributed by atoms with Crippen LogP contribution in [0.1, 0.15) is 117 Å². The number of carbonyl (C=O) groups excluding carboxylic acids is 2. The maximum Gasteiger partial charge on any atom is 1.00 e. The van der Waals surface area contributed by atoms with Crippen molar-refractivity contribution in [2.75, 3.05) is 0 Å². The van der Waals surface area contributed by atoms with Crippen LogP contribution >= 0.6 is 0 Å². The quantitative estimate of drug-likeness (QED) is 0.0915. The van der Waals surface area contributed by atoms with Crippen molar-refractivity contribution in [3.63, 3.8) is 0 Å². The van der Waals surface area contributed by atoms with Gasteiger partial charge in [0.1, 0.15) is 6.10 Å². The van der Waals surface area contributed by atoms with E-state index in [1.165, 1.54) is 32.1 Å². The Kier molecular flexibility index (Phi) is 27.6. The summed E-state index contributed by atoms with van der Waals surface area (Å²) in [6.45, 7) is 4.32.